The van der Waals surface area contributed by atoms with Crippen molar-refractivity contribution in [2.75, 3.05) is 0 Å². The SMILES string of the molecule is FC(F)(F)C(F)(c1cc(Br)[c]c(Br)c1-c1ccnc(Cl)c1)C(F)(F)F. The molecular formula is C14H4Br2ClF7N. The molecule has 25 heavy (non-hydrogen) atoms. The molecule has 1 heterocycles. The summed E-state index contributed by atoms with van der Waals surface area (Å²) in [5.74, 6) is 0. The summed E-state index contributed by atoms with van der Waals surface area (Å²) in [7, 11) is 0. The van der Waals surface area contributed by atoms with Crippen LogP contribution in [0.15, 0.2) is 33.3 Å². The molecule has 0 fully saturated rings. The number of pyridine rings is 1. The highest BCUT2D eigenvalue weighted by molar-refractivity contribution is 9.11. The third-order valence-corrected chi connectivity index (χ3v) is 4.39. The van der Waals surface area contributed by atoms with Crippen LogP contribution in [0.5, 0.6) is 0 Å². The maximum atomic E-state index is 14.6. The van der Waals surface area contributed by atoms with Gasteiger partial charge in [0.1, 0.15) is 5.15 Å². The van der Waals surface area contributed by atoms with Crippen LogP contribution in [0.25, 0.3) is 11.1 Å². The van der Waals surface area contributed by atoms with Gasteiger partial charge in [0.15, 0.2) is 0 Å². The molecule has 2 rings (SSSR count). The molecule has 0 amide bonds. The normalized spacial score (nSPS) is 13.2. The number of benzene rings is 1. The van der Waals surface area contributed by atoms with E-state index in [1.54, 1.807) is 0 Å². The van der Waals surface area contributed by atoms with Crippen LogP contribution < -0.4 is 0 Å². The Balaban J connectivity index is 2.94. The van der Waals surface area contributed by atoms with Gasteiger partial charge >= 0.3 is 18.0 Å². The van der Waals surface area contributed by atoms with E-state index in [-0.39, 0.29) is 19.7 Å². The number of aromatic nitrogens is 1. The van der Waals surface area contributed by atoms with Crippen molar-refractivity contribution in [2.45, 2.75) is 18.0 Å². The second kappa shape index (κ2) is 6.70. The minimum absolute atomic E-state index is 0.193. The zero-order valence-corrected chi connectivity index (χ0v) is 15.5. The smallest absolute Gasteiger partial charge is 0.245 e. The predicted molar refractivity (Wildman–Crippen MR) is 83.8 cm³/mol. The van der Waals surface area contributed by atoms with Crippen molar-refractivity contribution >= 4 is 43.5 Å². The van der Waals surface area contributed by atoms with Crippen LogP contribution in [-0.4, -0.2) is 17.3 Å². The van der Waals surface area contributed by atoms with Crippen LogP contribution >= 0.6 is 43.5 Å². The van der Waals surface area contributed by atoms with E-state index in [1.807, 2.05) is 0 Å². The highest BCUT2D eigenvalue weighted by Gasteiger charge is 2.74. The molecule has 0 spiro atoms. The Kier molecular flexibility index (Phi) is 5.48. The number of halogens is 10. The van der Waals surface area contributed by atoms with E-state index in [1.165, 1.54) is 0 Å². The fraction of sp³-hybridized carbons (Fsp3) is 0.214. The zero-order chi connectivity index (χ0) is 19.2. The zero-order valence-electron chi connectivity index (χ0n) is 11.5. The van der Waals surface area contributed by atoms with E-state index in [0.29, 0.717) is 6.07 Å². The largest absolute Gasteiger partial charge is 0.435 e. The minimum Gasteiger partial charge on any atom is -0.245 e. The van der Waals surface area contributed by atoms with Crippen molar-refractivity contribution in [1.29, 1.82) is 0 Å². The first-order valence-electron chi connectivity index (χ1n) is 6.15. The number of hydrogen-bond acceptors (Lipinski definition) is 1. The number of alkyl halides is 7. The quantitative estimate of drug-likeness (QED) is 0.310. The maximum absolute atomic E-state index is 14.6. The summed E-state index contributed by atoms with van der Waals surface area (Å²) < 4.78 is 92.9. The van der Waals surface area contributed by atoms with Crippen LogP contribution in [-0.2, 0) is 5.67 Å². The molecule has 0 N–H and O–H groups in total. The molecule has 1 radical (unpaired) electrons. The second-order valence-corrected chi connectivity index (χ2v) is 6.78. The summed E-state index contributed by atoms with van der Waals surface area (Å²) >= 11 is 11.2. The molecule has 0 aliphatic carbocycles. The van der Waals surface area contributed by atoms with E-state index in [2.05, 4.69) is 42.9 Å². The minimum atomic E-state index is -6.25. The van der Waals surface area contributed by atoms with Gasteiger partial charge in [0.2, 0.25) is 0 Å². The van der Waals surface area contributed by atoms with E-state index in [9.17, 15) is 30.7 Å². The van der Waals surface area contributed by atoms with Gasteiger partial charge in [-0.05, 0) is 39.7 Å². The molecule has 11 heteroatoms. The Bertz CT molecular complexity index is 791. The molecule has 0 bridgehead atoms. The number of hydrogen-bond donors (Lipinski definition) is 0. The lowest BCUT2D eigenvalue weighted by molar-refractivity contribution is -0.348. The van der Waals surface area contributed by atoms with Gasteiger partial charge in [-0.1, -0.05) is 27.5 Å². The molecule has 1 nitrogen and oxygen atoms in total. The van der Waals surface area contributed by atoms with Gasteiger partial charge in [-0.25, -0.2) is 9.37 Å². The highest BCUT2D eigenvalue weighted by atomic mass is 79.9. The third kappa shape index (κ3) is 3.66. The first kappa shape index (κ1) is 20.4. The van der Waals surface area contributed by atoms with Gasteiger partial charge in [0.05, 0.1) is 0 Å². The lowest BCUT2D eigenvalue weighted by Crippen LogP contribution is -2.50. The van der Waals surface area contributed by atoms with Gasteiger partial charge in [0, 0.05) is 32.3 Å². The lowest BCUT2D eigenvalue weighted by atomic mass is 9.87. The van der Waals surface area contributed by atoms with Crippen LogP contribution in [0.2, 0.25) is 5.15 Å². The van der Waals surface area contributed by atoms with Crippen LogP contribution in [0.4, 0.5) is 30.7 Å². The van der Waals surface area contributed by atoms with Crippen LogP contribution in [0.1, 0.15) is 5.56 Å². The molecule has 0 saturated carbocycles. The molecule has 1 aromatic carbocycles. The van der Waals surface area contributed by atoms with Crippen molar-refractivity contribution in [3.8, 4) is 11.1 Å². The Morgan fingerprint density at radius 2 is 1.52 bits per heavy atom. The van der Waals surface area contributed by atoms with Crippen LogP contribution in [0, 0.1) is 6.07 Å². The summed E-state index contributed by atoms with van der Waals surface area (Å²) in [6.45, 7) is 0. The van der Waals surface area contributed by atoms with Gasteiger partial charge in [-0.15, -0.1) is 0 Å². The Morgan fingerprint density at radius 1 is 0.960 bits per heavy atom. The van der Waals surface area contributed by atoms with Gasteiger partial charge in [-0.3, -0.25) is 0 Å². The summed E-state index contributed by atoms with van der Waals surface area (Å²) in [5.41, 5.74) is -8.14. The number of rotatable bonds is 2. The molecule has 0 saturated heterocycles. The monoisotopic (exact) mass is 512 g/mol. The molecule has 0 unspecified atom stereocenters. The fourth-order valence-corrected chi connectivity index (χ4v) is 3.62. The average molecular weight is 514 g/mol. The van der Waals surface area contributed by atoms with Crippen molar-refractivity contribution < 1.29 is 30.7 Å². The molecule has 1 aromatic heterocycles. The predicted octanol–water partition coefficient (Wildman–Crippen LogP) is 7.02. The third-order valence-electron chi connectivity index (χ3n) is 3.16. The van der Waals surface area contributed by atoms with E-state index in [0.717, 1.165) is 18.3 Å². The summed E-state index contributed by atoms with van der Waals surface area (Å²) in [6.07, 6.45) is -11.4. The molecular weight excluding hydrogens is 510 g/mol. The van der Waals surface area contributed by atoms with Crippen molar-refractivity contribution in [2.24, 2.45) is 0 Å². The highest BCUT2D eigenvalue weighted by Crippen LogP contribution is 2.56. The first-order chi connectivity index (χ1) is 11.3. The van der Waals surface area contributed by atoms with Gasteiger partial charge in [0.25, 0.3) is 0 Å². The van der Waals surface area contributed by atoms with Crippen molar-refractivity contribution in [3.63, 3.8) is 0 Å². The topological polar surface area (TPSA) is 12.9 Å². The second-order valence-electron chi connectivity index (χ2n) is 4.74. The molecule has 2 aromatic rings. The first-order valence-corrected chi connectivity index (χ1v) is 8.11. The summed E-state index contributed by atoms with van der Waals surface area (Å²) in [4.78, 5) is 3.59. The van der Waals surface area contributed by atoms with Crippen molar-refractivity contribution in [1.82, 2.24) is 4.98 Å². The van der Waals surface area contributed by atoms with Gasteiger partial charge < -0.3 is 0 Å². The summed E-state index contributed by atoms with van der Waals surface area (Å²) in [5, 5.41) is -0.193. The Labute approximate surface area is 158 Å². The van der Waals surface area contributed by atoms with Gasteiger partial charge in [-0.2, -0.15) is 26.3 Å². The molecule has 0 aliphatic rings. The maximum Gasteiger partial charge on any atom is 0.435 e. The Morgan fingerprint density at radius 3 is 2.00 bits per heavy atom. The lowest BCUT2D eigenvalue weighted by Gasteiger charge is -2.32. The van der Waals surface area contributed by atoms with Crippen LogP contribution in [0.3, 0.4) is 0 Å². The number of nitrogens with zero attached hydrogens (tertiary/aromatic N) is 1. The molecule has 0 atom stereocenters. The summed E-state index contributed by atoms with van der Waals surface area (Å²) in [6, 6.07) is 4.94. The average Bonchev–Trinajstić information content (AvgIpc) is 2.43. The Hall–Kier alpha value is -0.870. The molecule has 135 valence electrons. The van der Waals surface area contributed by atoms with E-state index >= 15 is 0 Å². The van der Waals surface area contributed by atoms with E-state index < -0.39 is 29.1 Å². The van der Waals surface area contributed by atoms with Crippen molar-refractivity contribution in [3.05, 3.63) is 50.1 Å². The standard InChI is InChI=1S/C14H4Br2ClF7N/c15-7-4-8(12(18,13(19,20)21)14(22,23)24)11(9(16)5-7)6-1-2-25-10(17)3-6/h1-4H. The fourth-order valence-electron chi connectivity index (χ4n) is 2.10. The van der Waals surface area contributed by atoms with E-state index in [4.69, 9.17) is 11.6 Å². The molecule has 0 aliphatic heterocycles.